The number of halogens is 2. The fraction of sp³-hybridized carbons (Fsp3) is 0.500. The van der Waals surface area contributed by atoms with Crippen LogP contribution in [0.1, 0.15) is 19.3 Å². The summed E-state index contributed by atoms with van der Waals surface area (Å²) in [7, 11) is -3.63. The van der Waals surface area contributed by atoms with Crippen molar-refractivity contribution in [2.45, 2.75) is 30.7 Å². The number of unbranched alkanes of at least 4 members (excludes halogenated alkanes) is 2. The molecule has 0 amide bonds. The molecule has 0 bridgehead atoms. The molecule has 1 aromatic heterocycles. The summed E-state index contributed by atoms with van der Waals surface area (Å²) in [5, 5.41) is 4.01. The average molecular weight is 415 g/mol. The molecule has 9 heteroatoms. The van der Waals surface area contributed by atoms with E-state index in [0.717, 1.165) is 38.4 Å². The molecular weight excluding hydrogens is 391 g/mol. The summed E-state index contributed by atoms with van der Waals surface area (Å²) in [6, 6.07) is 5.46. The van der Waals surface area contributed by atoms with Crippen LogP contribution in [0.2, 0.25) is 5.02 Å². The molecule has 0 atom stereocenters. The molecule has 0 N–H and O–H groups in total. The van der Waals surface area contributed by atoms with Crippen molar-refractivity contribution < 1.29 is 12.8 Å². The van der Waals surface area contributed by atoms with Gasteiger partial charge in [-0.25, -0.2) is 12.8 Å². The summed E-state index contributed by atoms with van der Waals surface area (Å²) in [5.41, 5.74) is 0. The first-order chi connectivity index (χ1) is 13.0. The Hall–Kier alpha value is -1.48. The summed E-state index contributed by atoms with van der Waals surface area (Å²) in [4.78, 5) is 2.33. The lowest BCUT2D eigenvalue weighted by Gasteiger charge is -2.34. The molecule has 1 aliphatic heterocycles. The van der Waals surface area contributed by atoms with Crippen molar-refractivity contribution in [3.8, 4) is 0 Å². The lowest BCUT2D eigenvalue weighted by atomic mass is 10.2. The Balaban J connectivity index is 1.42. The third kappa shape index (κ3) is 5.28. The normalized spacial score (nSPS) is 16.7. The van der Waals surface area contributed by atoms with Crippen LogP contribution < -0.4 is 0 Å². The number of sulfonamides is 1. The molecule has 2 aromatic rings. The number of nitrogens with zero attached hydrogens (tertiary/aromatic N) is 4. The molecule has 0 unspecified atom stereocenters. The Labute approximate surface area is 164 Å². The lowest BCUT2D eigenvalue weighted by molar-refractivity contribution is 0.185. The van der Waals surface area contributed by atoms with Crippen LogP contribution in [0, 0.1) is 5.82 Å². The molecule has 1 fully saturated rings. The summed E-state index contributed by atoms with van der Waals surface area (Å²) < 4.78 is 42.0. The van der Waals surface area contributed by atoms with Crippen molar-refractivity contribution in [2.24, 2.45) is 0 Å². The van der Waals surface area contributed by atoms with Gasteiger partial charge in [0.1, 0.15) is 5.82 Å². The topological polar surface area (TPSA) is 58.4 Å². The third-order valence-electron chi connectivity index (χ3n) is 4.78. The van der Waals surface area contributed by atoms with Gasteiger partial charge in [0.15, 0.2) is 0 Å². The van der Waals surface area contributed by atoms with E-state index in [2.05, 4.69) is 10.00 Å². The van der Waals surface area contributed by atoms with E-state index in [0.29, 0.717) is 26.2 Å². The number of piperazine rings is 1. The van der Waals surface area contributed by atoms with Gasteiger partial charge in [-0.3, -0.25) is 4.68 Å². The predicted molar refractivity (Wildman–Crippen MR) is 103 cm³/mol. The van der Waals surface area contributed by atoms with Gasteiger partial charge >= 0.3 is 0 Å². The van der Waals surface area contributed by atoms with Crippen molar-refractivity contribution in [1.82, 2.24) is 19.0 Å². The highest BCUT2D eigenvalue weighted by molar-refractivity contribution is 7.89. The van der Waals surface area contributed by atoms with Gasteiger partial charge < -0.3 is 4.90 Å². The van der Waals surface area contributed by atoms with Crippen molar-refractivity contribution >= 4 is 21.6 Å². The zero-order valence-electron chi connectivity index (χ0n) is 15.1. The molecule has 0 spiro atoms. The van der Waals surface area contributed by atoms with Gasteiger partial charge in [-0.1, -0.05) is 18.0 Å². The average Bonchev–Trinajstić information content (AvgIpc) is 3.17. The second-order valence-electron chi connectivity index (χ2n) is 6.65. The lowest BCUT2D eigenvalue weighted by Crippen LogP contribution is -2.48. The molecule has 27 heavy (non-hydrogen) atoms. The number of rotatable bonds is 8. The number of aryl methyl sites for hydroxylation is 1. The van der Waals surface area contributed by atoms with E-state index >= 15 is 0 Å². The van der Waals surface area contributed by atoms with Crippen molar-refractivity contribution in [1.29, 1.82) is 0 Å². The van der Waals surface area contributed by atoms with E-state index in [4.69, 9.17) is 11.6 Å². The van der Waals surface area contributed by atoms with Gasteiger partial charge in [0.25, 0.3) is 0 Å². The first-order valence-electron chi connectivity index (χ1n) is 9.12. The molecule has 148 valence electrons. The standard InChI is InChI=1S/C18H24ClFN4O2S/c19-17-15-16(5-6-18(17)20)27(25,26)24-13-11-22(12-14-24)8-2-1-3-9-23-10-4-7-21-23/h4-7,10,15H,1-3,8-9,11-14H2. The first kappa shape index (κ1) is 20.3. The fourth-order valence-corrected chi connectivity index (χ4v) is 4.89. The van der Waals surface area contributed by atoms with Crippen LogP contribution in [0.25, 0.3) is 0 Å². The Morgan fingerprint density at radius 3 is 2.48 bits per heavy atom. The van der Waals surface area contributed by atoms with Crippen LogP contribution in [-0.4, -0.2) is 60.1 Å². The minimum Gasteiger partial charge on any atom is -0.301 e. The first-order valence-corrected chi connectivity index (χ1v) is 10.9. The van der Waals surface area contributed by atoms with Gasteiger partial charge in [0, 0.05) is 45.1 Å². The zero-order valence-corrected chi connectivity index (χ0v) is 16.7. The van der Waals surface area contributed by atoms with E-state index in [9.17, 15) is 12.8 Å². The molecular formula is C18H24ClFN4O2S. The van der Waals surface area contributed by atoms with Crippen LogP contribution >= 0.6 is 11.6 Å². The van der Waals surface area contributed by atoms with E-state index < -0.39 is 15.8 Å². The van der Waals surface area contributed by atoms with Crippen LogP contribution in [0.4, 0.5) is 4.39 Å². The van der Waals surface area contributed by atoms with E-state index in [1.165, 1.54) is 16.4 Å². The maximum absolute atomic E-state index is 13.3. The molecule has 1 saturated heterocycles. The summed E-state index contributed by atoms with van der Waals surface area (Å²) >= 11 is 5.73. The Morgan fingerprint density at radius 1 is 1.07 bits per heavy atom. The van der Waals surface area contributed by atoms with Crippen LogP contribution in [0.3, 0.4) is 0 Å². The highest BCUT2D eigenvalue weighted by Gasteiger charge is 2.28. The van der Waals surface area contributed by atoms with Crippen molar-refractivity contribution in [3.05, 3.63) is 47.5 Å². The van der Waals surface area contributed by atoms with Crippen molar-refractivity contribution in [2.75, 3.05) is 32.7 Å². The monoisotopic (exact) mass is 414 g/mol. The Bertz CT molecular complexity index is 837. The molecule has 2 heterocycles. The molecule has 0 radical (unpaired) electrons. The largest absolute Gasteiger partial charge is 0.301 e. The van der Waals surface area contributed by atoms with E-state index in [1.54, 1.807) is 6.20 Å². The summed E-state index contributed by atoms with van der Waals surface area (Å²) in [6.07, 6.45) is 7.04. The summed E-state index contributed by atoms with van der Waals surface area (Å²) in [6.45, 7) is 4.17. The Morgan fingerprint density at radius 2 is 1.81 bits per heavy atom. The smallest absolute Gasteiger partial charge is 0.243 e. The van der Waals surface area contributed by atoms with Gasteiger partial charge in [0.05, 0.1) is 9.92 Å². The van der Waals surface area contributed by atoms with Gasteiger partial charge in [0.2, 0.25) is 10.0 Å². The zero-order chi connectivity index (χ0) is 19.3. The highest BCUT2D eigenvalue weighted by atomic mass is 35.5. The molecule has 6 nitrogen and oxygen atoms in total. The minimum absolute atomic E-state index is 0.0426. The number of aromatic nitrogens is 2. The number of hydrogen-bond acceptors (Lipinski definition) is 4. The van der Waals surface area contributed by atoms with Gasteiger partial charge in [-0.15, -0.1) is 0 Å². The second kappa shape index (κ2) is 9.14. The summed E-state index contributed by atoms with van der Waals surface area (Å²) in [5.74, 6) is -0.618. The highest BCUT2D eigenvalue weighted by Crippen LogP contribution is 2.23. The molecule has 0 aliphatic carbocycles. The SMILES string of the molecule is O=S(=O)(c1ccc(F)c(Cl)c1)N1CCN(CCCCCn2cccn2)CC1. The molecule has 3 rings (SSSR count). The second-order valence-corrected chi connectivity index (χ2v) is 9.00. The van der Waals surface area contributed by atoms with Gasteiger partial charge in [-0.05, 0) is 43.7 Å². The maximum Gasteiger partial charge on any atom is 0.243 e. The molecule has 0 saturated carbocycles. The number of benzene rings is 1. The fourth-order valence-electron chi connectivity index (χ4n) is 3.20. The van der Waals surface area contributed by atoms with E-state index in [1.807, 2.05) is 16.9 Å². The predicted octanol–water partition coefficient (Wildman–Crippen LogP) is 2.85. The Kier molecular flexibility index (Phi) is 6.86. The maximum atomic E-state index is 13.3. The van der Waals surface area contributed by atoms with Crippen LogP contribution in [-0.2, 0) is 16.6 Å². The molecule has 1 aliphatic rings. The molecule has 1 aromatic carbocycles. The van der Waals surface area contributed by atoms with Crippen LogP contribution in [0.5, 0.6) is 0 Å². The van der Waals surface area contributed by atoms with Crippen LogP contribution in [0.15, 0.2) is 41.6 Å². The van der Waals surface area contributed by atoms with Crippen molar-refractivity contribution in [3.63, 3.8) is 0 Å². The van der Waals surface area contributed by atoms with Gasteiger partial charge in [-0.2, -0.15) is 9.40 Å². The van der Waals surface area contributed by atoms with E-state index in [-0.39, 0.29) is 9.92 Å². The third-order valence-corrected chi connectivity index (χ3v) is 6.97. The number of hydrogen-bond donors (Lipinski definition) is 0. The minimum atomic E-state index is -3.63. The quantitative estimate of drug-likeness (QED) is 0.623.